The van der Waals surface area contributed by atoms with Gasteiger partial charge in [0.1, 0.15) is 6.10 Å². The van der Waals surface area contributed by atoms with E-state index in [0.29, 0.717) is 19.6 Å². The van der Waals surface area contributed by atoms with E-state index in [2.05, 4.69) is 67.7 Å². The number of esters is 1. The van der Waals surface area contributed by atoms with Crippen molar-refractivity contribution in [3.05, 3.63) is 0 Å². The van der Waals surface area contributed by atoms with Crippen LogP contribution in [0.3, 0.4) is 0 Å². The van der Waals surface area contributed by atoms with E-state index in [1.165, 1.54) is 0 Å². The van der Waals surface area contributed by atoms with Gasteiger partial charge in [-0.25, -0.2) is 0 Å². The van der Waals surface area contributed by atoms with E-state index in [1.807, 2.05) is 0 Å². The Morgan fingerprint density at radius 3 is 1.80 bits per heavy atom. The maximum atomic E-state index is 12.0. The first-order chi connectivity index (χ1) is 11.1. The van der Waals surface area contributed by atoms with Crippen molar-refractivity contribution in [2.24, 2.45) is 5.92 Å². The summed E-state index contributed by atoms with van der Waals surface area (Å²) < 4.78 is 18.1. The summed E-state index contributed by atoms with van der Waals surface area (Å²) in [7, 11) is -3.60. The number of hydrogen-bond donors (Lipinski definition) is 0. The first kappa shape index (κ1) is 22.9. The highest BCUT2D eigenvalue weighted by Crippen LogP contribution is 2.38. The van der Waals surface area contributed by atoms with Crippen LogP contribution < -0.4 is 0 Å². The molecule has 25 heavy (non-hydrogen) atoms. The van der Waals surface area contributed by atoms with Gasteiger partial charge in [0.05, 0.1) is 13.0 Å². The van der Waals surface area contributed by atoms with E-state index in [9.17, 15) is 4.79 Å². The van der Waals surface area contributed by atoms with Gasteiger partial charge < -0.3 is 13.6 Å². The van der Waals surface area contributed by atoms with Crippen LogP contribution in [-0.4, -0.2) is 41.9 Å². The molecule has 148 valence electrons. The van der Waals surface area contributed by atoms with E-state index in [0.717, 1.165) is 6.42 Å². The van der Waals surface area contributed by atoms with Gasteiger partial charge in [-0.05, 0) is 48.6 Å². The summed E-state index contributed by atoms with van der Waals surface area (Å²) in [6.07, 6.45) is 1.17. The Balaban J connectivity index is 2.60. The maximum Gasteiger partial charge on any atom is 0.306 e. The third-order valence-corrected chi connectivity index (χ3v) is 15.3. The summed E-state index contributed by atoms with van der Waals surface area (Å²) in [4.78, 5) is 12.0. The lowest BCUT2D eigenvalue weighted by molar-refractivity contribution is -0.159. The van der Waals surface area contributed by atoms with Crippen LogP contribution in [0, 0.1) is 5.92 Å². The minimum absolute atomic E-state index is 0.112. The highest BCUT2D eigenvalue weighted by molar-refractivity contribution is 6.74. The first-order valence-electron chi connectivity index (χ1n) is 9.52. The molecule has 0 N–H and O–H groups in total. The van der Waals surface area contributed by atoms with Gasteiger partial charge in [0, 0.05) is 6.61 Å². The third-order valence-electron chi connectivity index (χ3n) is 6.27. The van der Waals surface area contributed by atoms with Gasteiger partial charge in [0.25, 0.3) is 0 Å². The summed E-state index contributed by atoms with van der Waals surface area (Å²) in [6, 6.07) is 0. The van der Waals surface area contributed by atoms with Crippen molar-refractivity contribution in [1.82, 2.24) is 0 Å². The summed E-state index contributed by atoms with van der Waals surface area (Å²) in [6.45, 7) is 23.5. The molecule has 1 rings (SSSR count). The van der Waals surface area contributed by atoms with Crippen LogP contribution >= 0.6 is 0 Å². The molecule has 1 aliphatic rings. The summed E-state index contributed by atoms with van der Waals surface area (Å²) >= 11 is 0. The molecule has 1 heterocycles. The number of ether oxygens (including phenoxy) is 1. The van der Waals surface area contributed by atoms with Crippen molar-refractivity contribution < 1.29 is 18.4 Å². The van der Waals surface area contributed by atoms with E-state index < -0.39 is 16.6 Å². The van der Waals surface area contributed by atoms with Gasteiger partial charge in [0.2, 0.25) is 0 Å². The predicted octanol–water partition coefficient (Wildman–Crippen LogP) is 5.35. The molecule has 0 aromatic rings. The average Bonchev–Trinajstić information content (AvgIpc) is 2.40. The Morgan fingerprint density at radius 2 is 1.36 bits per heavy atom. The molecular weight excluding hydrogens is 348 g/mol. The van der Waals surface area contributed by atoms with Crippen LogP contribution in [0.15, 0.2) is 0 Å². The summed E-state index contributed by atoms with van der Waals surface area (Å²) in [5.41, 5.74) is 0. The second-order valence-electron chi connectivity index (χ2n) is 10.6. The molecule has 6 heteroatoms. The standard InChI is InChI=1S/C19H40O4Si2/c1-18(2,3)24(7,8)21-13-15-11-16(23-17(20)12-15)14-22-25(9,10)19(4,5)6/h15-16H,11-14H2,1-10H3/t15-,16-/m0/s1. The van der Waals surface area contributed by atoms with E-state index >= 15 is 0 Å². The minimum atomic E-state index is -1.82. The fraction of sp³-hybridized carbons (Fsp3) is 0.947. The fourth-order valence-corrected chi connectivity index (χ4v) is 4.38. The zero-order chi connectivity index (χ0) is 19.7. The molecule has 0 radical (unpaired) electrons. The van der Waals surface area contributed by atoms with Crippen LogP contribution in [0.1, 0.15) is 54.4 Å². The molecule has 1 saturated heterocycles. The van der Waals surface area contributed by atoms with E-state index in [1.54, 1.807) is 0 Å². The molecule has 0 amide bonds. The lowest BCUT2D eigenvalue weighted by Gasteiger charge is -2.39. The lowest BCUT2D eigenvalue weighted by atomic mass is 9.96. The van der Waals surface area contributed by atoms with Crippen LogP contribution in [0.25, 0.3) is 0 Å². The van der Waals surface area contributed by atoms with E-state index in [-0.39, 0.29) is 28.1 Å². The van der Waals surface area contributed by atoms with Gasteiger partial charge in [-0.3, -0.25) is 4.79 Å². The smallest absolute Gasteiger partial charge is 0.306 e. The van der Waals surface area contributed by atoms with Crippen molar-refractivity contribution in [2.45, 2.75) is 96.8 Å². The Hall–Kier alpha value is -0.176. The number of hydrogen-bond acceptors (Lipinski definition) is 4. The molecule has 4 nitrogen and oxygen atoms in total. The zero-order valence-electron chi connectivity index (χ0n) is 18.1. The number of carbonyl (C=O) groups excluding carboxylic acids is 1. The average molecular weight is 389 g/mol. The molecule has 0 unspecified atom stereocenters. The van der Waals surface area contributed by atoms with Crippen molar-refractivity contribution in [3.8, 4) is 0 Å². The largest absolute Gasteiger partial charge is 0.460 e. The Labute approximate surface area is 157 Å². The summed E-state index contributed by atoms with van der Waals surface area (Å²) in [5.74, 6) is 0.127. The van der Waals surface area contributed by atoms with Crippen LogP contribution in [-0.2, 0) is 18.4 Å². The molecule has 0 saturated carbocycles. The summed E-state index contributed by atoms with van der Waals surface area (Å²) in [5, 5.41) is 0.351. The minimum Gasteiger partial charge on any atom is -0.460 e. The lowest BCUT2D eigenvalue weighted by Crippen LogP contribution is -2.45. The molecule has 0 aromatic carbocycles. The fourth-order valence-electron chi connectivity index (χ4n) is 2.26. The van der Waals surface area contributed by atoms with Gasteiger partial charge in [-0.1, -0.05) is 41.5 Å². The van der Waals surface area contributed by atoms with Crippen LogP contribution in [0.5, 0.6) is 0 Å². The van der Waals surface area contributed by atoms with Crippen LogP contribution in [0.4, 0.5) is 0 Å². The van der Waals surface area contributed by atoms with E-state index in [4.69, 9.17) is 13.6 Å². The molecule has 0 aliphatic carbocycles. The molecule has 1 fully saturated rings. The molecule has 0 bridgehead atoms. The predicted molar refractivity (Wildman–Crippen MR) is 109 cm³/mol. The molecular formula is C19H40O4Si2. The first-order valence-corrected chi connectivity index (χ1v) is 15.3. The SMILES string of the molecule is CC(C)(C)[Si](C)(C)OC[C@@H]1CC(=O)O[C@H](CO[Si](C)(C)C(C)(C)C)C1. The molecule has 2 atom stereocenters. The third kappa shape index (κ3) is 6.49. The number of carbonyl (C=O) groups is 1. The van der Waals surface area contributed by atoms with Gasteiger partial charge in [-0.2, -0.15) is 0 Å². The van der Waals surface area contributed by atoms with Crippen LogP contribution in [0.2, 0.25) is 36.3 Å². The normalized spacial score (nSPS) is 23.5. The second-order valence-corrected chi connectivity index (χ2v) is 20.2. The zero-order valence-corrected chi connectivity index (χ0v) is 20.1. The number of cyclic esters (lactones) is 1. The van der Waals surface area contributed by atoms with Crippen molar-refractivity contribution >= 4 is 22.6 Å². The Kier molecular flexibility index (Phi) is 7.16. The monoisotopic (exact) mass is 388 g/mol. The maximum absolute atomic E-state index is 12.0. The Morgan fingerprint density at radius 1 is 0.920 bits per heavy atom. The molecule has 0 aromatic heterocycles. The molecule has 1 aliphatic heterocycles. The quantitative estimate of drug-likeness (QED) is 0.454. The van der Waals surface area contributed by atoms with Gasteiger partial charge >= 0.3 is 5.97 Å². The highest BCUT2D eigenvalue weighted by atomic mass is 28.4. The molecule has 0 spiro atoms. The van der Waals surface area contributed by atoms with Crippen molar-refractivity contribution in [1.29, 1.82) is 0 Å². The van der Waals surface area contributed by atoms with Crippen molar-refractivity contribution in [2.75, 3.05) is 13.2 Å². The highest BCUT2D eigenvalue weighted by Gasteiger charge is 2.40. The van der Waals surface area contributed by atoms with Gasteiger partial charge in [-0.15, -0.1) is 0 Å². The second kappa shape index (κ2) is 7.83. The number of rotatable bonds is 6. The Bertz CT molecular complexity index is 421. The van der Waals surface area contributed by atoms with Gasteiger partial charge in [0.15, 0.2) is 16.6 Å². The topological polar surface area (TPSA) is 44.8 Å². The van der Waals surface area contributed by atoms with Crippen molar-refractivity contribution in [3.63, 3.8) is 0 Å².